The van der Waals surface area contributed by atoms with Crippen LogP contribution in [0.2, 0.25) is 0 Å². The molecule has 0 spiro atoms. The summed E-state index contributed by atoms with van der Waals surface area (Å²) in [6.45, 7) is 11.7. The first-order valence-electron chi connectivity index (χ1n) is 7.88. The molecule has 1 heterocycles. The van der Waals surface area contributed by atoms with Gasteiger partial charge in [0, 0.05) is 44.8 Å². The lowest BCUT2D eigenvalue weighted by atomic mass is 10.2. The molecule has 0 bridgehead atoms. The van der Waals surface area contributed by atoms with Gasteiger partial charge in [0.05, 0.1) is 6.42 Å². The van der Waals surface area contributed by atoms with Crippen molar-refractivity contribution in [2.24, 2.45) is 0 Å². The smallest absolute Gasteiger partial charge is 0.320 e. The molecule has 1 N–H and O–H groups in total. The van der Waals surface area contributed by atoms with Crippen LogP contribution in [0.4, 0.5) is 4.79 Å². The number of rotatable bonds is 6. The van der Waals surface area contributed by atoms with Crippen LogP contribution < -0.4 is 0 Å². The summed E-state index contributed by atoms with van der Waals surface area (Å²) in [4.78, 5) is 29.2. The number of nitrogens with zero attached hydrogens (tertiary/aromatic N) is 3. The Balaban J connectivity index is 2.55. The average Bonchev–Trinajstić information content (AvgIpc) is 2.45. The molecule has 1 rings (SSSR count). The number of hydrogen-bond acceptors (Lipinski definition) is 3. The summed E-state index contributed by atoms with van der Waals surface area (Å²) < 4.78 is 0. The van der Waals surface area contributed by atoms with Crippen LogP contribution in [-0.2, 0) is 4.79 Å². The molecular formula is C15H29N3O3. The van der Waals surface area contributed by atoms with Gasteiger partial charge in [-0.25, -0.2) is 4.79 Å². The Kier molecular flexibility index (Phi) is 6.95. The average molecular weight is 299 g/mol. The Hall–Kier alpha value is -1.30. The zero-order valence-corrected chi connectivity index (χ0v) is 13.7. The zero-order valence-electron chi connectivity index (χ0n) is 13.7. The lowest BCUT2D eigenvalue weighted by molar-refractivity contribution is -0.137. The van der Waals surface area contributed by atoms with Crippen molar-refractivity contribution in [2.75, 3.05) is 32.7 Å². The van der Waals surface area contributed by atoms with Crippen molar-refractivity contribution in [3.63, 3.8) is 0 Å². The molecule has 122 valence electrons. The summed E-state index contributed by atoms with van der Waals surface area (Å²) >= 11 is 0. The Morgan fingerprint density at radius 1 is 1.14 bits per heavy atom. The highest BCUT2D eigenvalue weighted by Crippen LogP contribution is 2.12. The number of carboxylic acids is 1. The van der Waals surface area contributed by atoms with E-state index in [0.29, 0.717) is 6.04 Å². The number of carbonyl (C=O) groups excluding carboxylic acids is 1. The van der Waals surface area contributed by atoms with E-state index in [1.54, 1.807) is 4.90 Å². The highest BCUT2D eigenvalue weighted by atomic mass is 16.4. The van der Waals surface area contributed by atoms with Gasteiger partial charge in [-0.15, -0.1) is 0 Å². The SMILES string of the molecule is CCC(C)N1CCN(C(=O)N(CCC(=O)O)C(C)C)CC1. The lowest BCUT2D eigenvalue weighted by Gasteiger charge is -2.40. The second-order valence-corrected chi connectivity index (χ2v) is 5.99. The third-order valence-corrected chi connectivity index (χ3v) is 4.23. The fraction of sp³-hybridized carbons (Fsp3) is 0.867. The molecule has 1 aliphatic heterocycles. The van der Waals surface area contributed by atoms with Crippen molar-refractivity contribution in [3.8, 4) is 0 Å². The highest BCUT2D eigenvalue weighted by Gasteiger charge is 2.28. The first-order valence-corrected chi connectivity index (χ1v) is 7.88. The molecule has 0 saturated carbocycles. The molecule has 0 radical (unpaired) electrons. The number of carbonyl (C=O) groups is 2. The summed E-state index contributed by atoms with van der Waals surface area (Å²) in [7, 11) is 0. The molecule has 0 aromatic heterocycles. The van der Waals surface area contributed by atoms with Crippen LogP contribution in [0.15, 0.2) is 0 Å². The van der Waals surface area contributed by atoms with Crippen LogP contribution in [-0.4, -0.2) is 76.6 Å². The zero-order chi connectivity index (χ0) is 16.0. The second-order valence-electron chi connectivity index (χ2n) is 5.99. The Morgan fingerprint density at radius 2 is 1.71 bits per heavy atom. The van der Waals surface area contributed by atoms with E-state index in [4.69, 9.17) is 5.11 Å². The predicted octanol–water partition coefficient (Wildman–Crippen LogP) is 1.71. The molecule has 1 unspecified atom stereocenters. The summed E-state index contributed by atoms with van der Waals surface area (Å²) in [5, 5.41) is 8.80. The Bertz CT molecular complexity index is 352. The highest BCUT2D eigenvalue weighted by molar-refractivity contribution is 5.76. The van der Waals surface area contributed by atoms with E-state index in [-0.39, 0.29) is 25.0 Å². The molecule has 1 atom stereocenters. The Morgan fingerprint density at radius 3 is 2.14 bits per heavy atom. The number of piperazine rings is 1. The third kappa shape index (κ3) is 5.19. The van der Waals surface area contributed by atoms with Crippen molar-refractivity contribution >= 4 is 12.0 Å². The van der Waals surface area contributed by atoms with Crippen molar-refractivity contribution < 1.29 is 14.7 Å². The van der Waals surface area contributed by atoms with Crippen LogP contribution >= 0.6 is 0 Å². The van der Waals surface area contributed by atoms with Crippen LogP contribution in [0.1, 0.15) is 40.5 Å². The van der Waals surface area contributed by atoms with Gasteiger partial charge in [-0.2, -0.15) is 0 Å². The van der Waals surface area contributed by atoms with Crippen molar-refractivity contribution in [3.05, 3.63) is 0 Å². The fourth-order valence-electron chi connectivity index (χ4n) is 2.58. The first kappa shape index (κ1) is 17.8. The number of hydrogen-bond donors (Lipinski definition) is 1. The van der Waals surface area contributed by atoms with E-state index >= 15 is 0 Å². The molecule has 0 aromatic rings. The van der Waals surface area contributed by atoms with E-state index in [2.05, 4.69) is 18.7 Å². The maximum Gasteiger partial charge on any atom is 0.320 e. The van der Waals surface area contributed by atoms with E-state index in [1.165, 1.54) is 0 Å². The normalized spacial score (nSPS) is 17.9. The minimum atomic E-state index is -0.866. The monoisotopic (exact) mass is 299 g/mol. The fourth-order valence-corrected chi connectivity index (χ4v) is 2.58. The molecule has 21 heavy (non-hydrogen) atoms. The lowest BCUT2D eigenvalue weighted by Crippen LogP contribution is -2.55. The van der Waals surface area contributed by atoms with Crippen molar-refractivity contribution in [2.45, 2.75) is 52.6 Å². The van der Waals surface area contributed by atoms with Gasteiger partial charge in [-0.3, -0.25) is 9.69 Å². The number of urea groups is 1. The van der Waals surface area contributed by atoms with Gasteiger partial charge in [0.15, 0.2) is 0 Å². The molecule has 2 amide bonds. The van der Waals surface area contributed by atoms with Crippen molar-refractivity contribution in [1.29, 1.82) is 0 Å². The quantitative estimate of drug-likeness (QED) is 0.811. The molecule has 0 aromatic carbocycles. The van der Waals surface area contributed by atoms with Crippen LogP contribution in [0.5, 0.6) is 0 Å². The van der Waals surface area contributed by atoms with E-state index < -0.39 is 5.97 Å². The largest absolute Gasteiger partial charge is 0.481 e. The van der Waals surface area contributed by atoms with E-state index in [0.717, 1.165) is 32.6 Å². The van der Waals surface area contributed by atoms with Gasteiger partial charge in [0.2, 0.25) is 0 Å². The molecule has 1 fully saturated rings. The van der Waals surface area contributed by atoms with Gasteiger partial charge in [-0.05, 0) is 27.2 Å². The van der Waals surface area contributed by atoms with Crippen molar-refractivity contribution in [1.82, 2.24) is 14.7 Å². The third-order valence-electron chi connectivity index (χ3n) is 4.23. The molecule has 6 heteroatoms. The summed E-state index contributed by atoms with van der Waals surface area (Å²) in [5.74, 6) is -0.866. The Labute approximate surface area is 127 Å². The number of amides is 2. The van der Waals surface area contributed by atoms with Crippen LogP contribution in [0.25, 0.3) is 0 Å². The molecule has 0 aliphatic carbocycles. The van der Waals surface area contributed by atoms with E-state index in [1.807, 2.05) is 18.7 Å². The molecule has 6 nitrogen and oxygen atoms in total. The maximum atomic E-state index is 12.5. The second kappa shape index (κ2) is 8.22. The molecule has 1 saturated heterocycles. The minimum Gasteiger partial charge on any atom is -0.481 e. The van der Waals surface area contributed by atoms with Gasteiger partial charge >= 0.3 is 12.0 Å². The van der Waals surface area contributed by atoms with Gasteiger partial charge in [0.25, 0.3) is 0 Å². The maximum absolute atomic E-state index is 12.5. The van der Waals surface area contributed by atoms with Gasteiger partial charge < -0.3 is 14.9 Å². The van der Waals surface area contributed by atoms with E-state index in [9.17, 15) is 9.59 Å². The molecule has 1 aliphatic rings. The predicted molar refractivity (Wildman–Crippen MR) is 82.4 cm³/mol. The van der Waals surface area contributed by atoms with Crippen LogP contribution in [0.3, 0.4) is 0 Å². The first-order chi connectivity index (χ1) is 9.86. The van der Waals surface area contributed by atoms with Gasteiger partial charge in [0.1, 0.15) is 0 Å². The number of carboxylic acid groups (broad SMARTS) is 1. The number of aliphatic carboxylic acids is 1. The standard InChI is InChI=1S/C15H29N3O3/c1-5-13(4)16-8-10-17(11-9-16)15(21)18(12(2)3)7-6-14(19)20/h12-13H,5-11H2,1-4H3,(H,19,20). The summed E-state index contributed by atoms with van der Waals surface area (Å²) in [5.41, 5.74) is 0. The van der Waals surface area contributed by atoms with Crippen LogP contribution in [0, 0.1) is 0 Å². The summed E-state index contributed by atoms with van der Waals surface area (Å²) in [6, 6.07) is 0.537. The molecular weight excluding hydrogens is 270 g/mol. The summed E-state index contributed by atoms with van der Waals surface area (Å²) in [6.07, 6.45) is 1.11. The van der Waals surface area contributed by atoms with Gasteiger partial charge in [-0.1, -0.05) is 6.92 Å². The topological polar surface area (TPSA) is 64.1 Å². The minimum absolute atomic E-state index is 0.00322.